The molecule has 0 bridgehead atoms. The number of guanidine groups is 1. The van der Waals surface area contributed by atoms with Gasteiger partial charge < -0.3 is 15.7 Å². The fourth-order valence-corrected chi connectivity index (χ4v) is 5.51. The molecule has 0 radical (unpaired) electrons. The largest absolute Gasteiger partial charge is 0.396 e. The molecule has 2 rings (SSSR count). The van der Waals surface area contributed by atoms with Gasteiger partial charge in [-0.2, -0.15) is 11.8 Å². The zero-order valence-electron chi connectivity index (χ0n) is 17.8. The van der Waals surface area contributed by atoms with Gasteiger partial charge in [-0.1, -0.05) is 26.7 Å². The lowest BCUT2D eigenvalue weighted by atomic mass is 9.94. The molecule has 0 aromatic rings. The molecule has 1 heterocycles. The van der Waals surface area contributed by atoms with E-state index in [-0.39, 0.29) is 12.1 Å². The maximum atomic E-state index is 9.36. The number of aliphatic hydroxyl groups excluding tert-OH is 1. The van der Waals surface area contributed by atoms with Crippen LogP contribution >= 0.6 is 11.8 Å². The van der Waals surface area contributed by atoms with Crippen molar-refractivity contribution >= 4 is 17.7 Å². The molecule has 6 heteroatoms. The summed E-state index contributed by atoms with van der Waals surface area (Å²) in [6.45, 7) is 12.0. The lowest BCUT2D eigenvalue weighted by Gasteiger charge is -2.42. The maximum absolute atomic E-state index is 9.36. The molecule has 5 nitrogen and oxygen atoms in total. The summed E-state index contributed by atoms with van der Waals surface area (Å²) in [4.78, 5) is 7.77. The van der Waals surface area contributed by atoms with Crippen LogP contribution in [0.1, 0.15) is 59.3 Å². The summed E-state index contributed by atoms with van der Waals surface area (Å²) >= 11 is 2.09. The van der Waals surface area contributed by atoms with Gasteiger partial charge in [0.25, 0.3) is 0 Å². The molecule has 2 aliphatic rings. The first-order valence-corrected chi connectivity index (χ1v) is 12.2. The highest BCUT2D eigenvalue weighted by Crippen LogP contribution is 2.37. The van der Waals surface area contributed by atoms with Gasteiger partial charge in [0.05, 0.1) is 6.54 Å². The Kier molecular flexibility index (Phi) is 10.3. The number of aliphatic hydroxyl groups is 1. The first-order valence-electron chi connectivity index (χ1n) is 11.1. The number of nitrogens with zero attached hydrogens (tertiary/aromatic N) is 2. The zero-order chi connectivity index (χ0) is 19.5. The molecule has 0 aromatic heterocycles. The van der Waals surface area contributed by atoms with Crippen LogP contribution in [0.15, 0.2) is 4.99 Å². The van der Waals surface area contributed by atoms with Crippen molar-refractivity contribution in [2.45, 2.75) is 64.8 Å². The molecule has 158 valence electrons. The van der Waals surface area contributed by atoms with Gasteiger partial charge in [-0.05, 0) is 44.4 Å². The lowest BCUT2D eigenvalue weighted by molar-refractivity contribution is 0.112. The second-order valence-electron chi connectivity index (χ2n) is 8.61. The van der Waals surface area contributed by atoms with Crippen LogP contribution in [0.4, 0.5) is 0 Å². The molecular formula is C21H42N4OS. The molecule has 2 fully saturated rings. The number of thioether (sulfide) groups is 1. The van der Waals surface area contributed by atoms with Crippen molar-refractivity contribution in [3.8, 4) is 0 Å². The monoisotopic (exact) mass is 398 g/mol. The minimum absolute atomic E-state index is 0.267. The number of hydrogen-bond donors (Lipinski definition) is 3. The smallest absolute Gasteiger partial charge is 0.191 e. The van der Waals surface area contributed by atoms with Crippen LogP contribution in [0, 0.1) is 11.8 Å². The Balaban J connectivity index is 1.97. The predicted molar refractivity (Wildman–Crippen MR) is 119 cm³/mol. The minimum Gasteiger partial charge on any atom is -0.396 e. The number of rotatable bonds is 10. The molecule has 3 N–H and O–H groups in total. The SMILES string of the molecule is CCNC(=NCC1(N2CCSCC2)CCCC1)NCC(CCO)CC(C)C. The van der Waals surface area contributed by atoms with Gasteiger partial charge in [0.2, 0.25) is 0 Å². The second-order valence-corrected chi connectivity index (χ2v) is 9.84. The fraction of sp³-hybridized carbons (Fsp3) is 0.952. The topological polar surface area (TPSA) is 59.9 Å². The standard InChI is InChI=1S/C21H42N4OS/c1-4-22-20(23-16-19(7-12-26)15-18(2)3)24-17-21(8-5-6-9-21)25-10-13-27-14-11-25/h18-19,26H,4-17H2,1-3H3,(H2,22,23,24). The Morgan fingerprint density at radius 3 is 2.48 bits per heavy atom. The van der Waals surface area contributed by atoms with E-state index in [4.69, 9.17) is 4.99 Å². The second kappa shape index (κ2) is 12.2. The van der Waals surface area contributed by atoms with Crippen LogP contribution in [0.25, 0.3) is 0 Å². The normalized spacial score (nSPS) is 22.2. The highest BCUT2D eigenvalue weighted by Gasteiger charge is 2.39. The third-order valence-electron chi connectivity index (χ3n) is 5.99. The van der Waals surface area contributed by atoms with E-state index in [1.807, 2.05) is 0 Å². The van der Waals surface area contributed by atoms with Crippen LogP contribution in [0.5, 0.6) is 0 Å². The first kappa shape index (κ1) is 22.8. The van der Waals surface area contributed by atoms with Crippen LogP contribution < -0.4 is 10.6 Å². The predicted octanol–water partition coefficient (Wildman–Crippen LogP) is 2.95. The quantitative estimate of drug-likeness (QED) is 0.390. The maximum Gasteiger partial charge on any atom is 0.191 e. The molecule has 0 amide bonds. The van der Waals surface area contributed by atoms with Crippen molar-refractivity contribution in [3.05, 3.63) is 0 Å². The molecule has 1 unspecified atom stereocenters. The minimum atomic E-state index is 0.267. The van der Waals surface area contributed by atoms with Crippen molar-refractivity contribution in [2.75, 3.05) is 50.8 Å². The average Bonchev–Trinajstić information content (AvgIpc) is 3.14. The molecule has 0 spiro atoms. The number of nitrogens with one attached hydrogen (secondary N) is 2. The summed E-state index contributed by atoms with van der Waals surface area (Å²) < 4.78 is 0. The Labute approximate surface area is 171 Å². The van der Waals surface area contributed by atoms with Crippen LogP contribution in [-0.2, 0) is 0 Å². The molecule has 1 aliphatic heterocycles. The first-order chi connectivity index (χ1) is 13.1. The Hall–Kier alpha value is -0.460. The summed E-state index contributed by atoms with van der Waals surface area (Å²) in [5.74, 6) is 4.63. The van der Waals surface area contributed by atoms with Gasteiger partial charge in [0.15, 0.2) is 5.96 Å². The van der Waals surface area contributed by atoms with Gasteiger partial charge >= 0.3 is 0 Å². The van der Waals surface area contributed by atoms with Crippen molar-refractivity contribution in [1.82, 2.24) is 15.5 Å². The highest BCUT2D eigenvalue weighted by atomic mass is 32.2. The molecule has 1 saturated carbocycles. The molecule has 27 heavy (non-hydrogen) atoms. The van der Waals surface area contributed by atoms with Crippen LogP contribution in [0.2, 0.25) is 0 Å². The molecular weight excluding hydrogens is 356 g/mol. The summed E-state index contributed by atoms with van der Waals surface area (Å²) in [7, 11) is 0. The van der Waals surface area contributed by atoms with Gasteiger partial charge in [0, 0.05) is 49.8 Å². The summed E-state index contributed by atoms with van der Waals surface area (Å²) in [6, 6.07) is 0. The van der Waals surface area contributed by atoms with Crippen molar-refractivity contribution in [1.29, 1.82) is 0 Å². The van der Waals surface area contributed by atoms with Crippen molar-refractivity contribution < 1.29 is 5.11 Å². The zero-order valence-corrected chi connectivity index (χ0v) is 18.6. The van der Waals surface area contributed by atoms with Crippen LogP contribution in [-0.4, -0.2) is 72.3 Å². The van der Waals surface area contributed by atoms with E-state index in [9.17, 15) is 5.11 Å². The average molecular weight is 399 g/mol. The Morgan fingerprint density at radius 1 is 1.19 bits per heavy atom. The fourth-order valence-electron chi connectivity index (χ4n) is 4.61. The Bertz CT molecular complexity index is 432. The van der Waals surface area contributed by atoms with Gasteiger partial charge in [-0.3, -0.25) is 9.89 Å². The van der Waals surface area contributed by atoms with E-state index in [2.05, 4.69) is 48.1 Å². The molecule has 1 atom stereocenters. The summed E-state index contributed by atoms with van der Waals surface area (Å²) in [6.07, 6.45) is 7.27. The lowest BCUT2D eigenvalue weighted by Crippen LogP contribution is -2.53. The van der Waals surface area contributed by atoms with Gasteiger partial charge in [-0.25, -0.2) is 0 Å². The molecule has 1 saturated heterocycles. The number of aliphatic imine (C=N–C) groups is 1. The number of hydrogen-bond acceptors (Lipinski definition) is 4. The molecule has 0 aromatic carbocycles. The summed E-state index contributed by atoms with van der Waals surface area (Å²) in [5, 5.41) is 16.4. The third-order valence-corrected chi connectivity index (χ3v) is 6.93. The van der Waals surface area contributed by atoms with E-state index in [0.717, 1.165) is 38.4 Å². The van der Waals surface area contributed by atoms with Crippen molar-refractivity contribution in [2.24, 2.45) is 16.8 Å². The summed E-state index contributed by atoms with van der Waals surface area (Å²) in [5.41, 5.74) is 0.283. The van der Waals surface area contributed by atoms with E-state index < -0.39 is 0 Å². The van der Waals surface area contributed by atoms with Crippen LogP contribution in [0.3, 0.4) is 0 Å². The highest BCUT2D eigenvalue weighted by molar-refractivity contribution is 7.99. The van der Waals surface area contributed by atoms with E-state index in [1.165, 1.54) is 50.3 Å². The van der Waals surface area contributed by atoms with E-state index >= 15 is 0 Å². The van der Waals surface area contributed by atoms with E-state index in [1.54, 1.807) is 0 Å². The van der Waals surface area contributed by atoms with Crippen molar-refractivity contribution in [3.63, 3.8) is 0 Å². The third kappa shape index (κ3) is 7.47. The van der Waals surface area contributed by atoms with Gasteiger partial charge in [0.1, 0.15) is 0 Å². The Morgan fingerprint density at radius 2 is 1.89 bits per heavy atom. The van der Waals surface area contributed by atoms with E-state index in [0.29, 0.717) is 11.8 Å². The molecule has 1 aliphatic carbocycles. The van der Waals surface area contributed by atoms with Gasteiger partial charge in [-0.15, -0.1) is 0 Å².